The van der Waals surface area contributed by atoms with Crippen LogP contribution in [-0.2, 0) is 0 Å². The Hall–Kier alpha value is -1.56. The standard InChI is InChI=1S/C16H18.2C2H6/c1-11-5-7-15(9-13(11)3)16-8-6-12(2)14(4)10-16;2*1-2/h5-10H,1-4H3;2*1-2H3. The molecule has 110 valence electrons. The van der Waals surface area contributed by atoms with Crippen molar-refractivity contribution in [1.29, 1.82) is 0 Å². The highest BCUT2D eigenvalue weighted by Crippen LogP contribution is 2.24. The molecule has 0 fully saturated rings. The average Bonchev–Trinajstić information content (AvgIpc) is 2.49. The van der Waals surface area contributed by atoms with E-state index in [0.29, 0.717) is 0 Å². The average molecular weight is 270 g/mol. The Morgan fingerprint density at radius 1 is 0.450 bits per heavy atom. The molecule has 0 N–H and O–H groups in total. The SMILES string of the molecule is CC.CC.Cc1ccc(-c2ccc(C)c(C)c2)cc1C. The van der Waals surface area contributed by atoms with Gasteiger partial charge in [0, 0.05) is 0 Å². The third-order valence-electron chi connectivity index (χ3n) is 3.35. The lowest BCUT2D eigenvalue weighted by Gasteiger charge is -2.08. The van der Waals surface area contributed by atoms with Crippen LogP contribution >= 0.6 is 0 Å². The van der Waals surface area contributed by atoms with E-state index in [4.69, 9.17) is 0 Å². The van der Waals surface area contributed by atoms with Gasteiger partial charge in [-0.15, -0.1) is 0 Å². The molecule has 2 rings (SSSR count). The molecule has 0 aromatic heterocycles. The van der Waals surface area contributed by atoms with Gasteiger partial charge in [-0.2, -0.15) is 0 Å². The molecule has 0 heteroatoms. The molecule has 0 unspecified atom stereocenters. The molecule has 0 saturated heterocycles. The summed E-state index contributed by atoms with van der Waals surface area (Å²) in [6.07, 6.45) is 0. The molecule has 0 saturated carbocycles. The van der Waals surface area contributed by atoms with E-state index < -0.39 is 0 Å². The van der Waals surface area contributed by atoms with Gasteiger partial charge in [-0.25, -0.2) is 0 Å². The Morgan fingerprint density at radius 3 is 1.00 bits per heavy atom. The van der Waals surface area contributed by atoms with Crippen LogP contribution in [0.15, 0.2) is 36.4 Å². The summed E-state index contributed by atoms with van der Waals surface area (Å²) in [6, 6.07) is 13.3. The minimum Gasteiger partial charge on any atom is -0.0683 e. The lowest BCUT2D eigenvalue weighted by atomic mass is 9.98. The van der Waals surface area contributed by atoms with Crippen molar-refractivity contribution in [3.05, 3.63) is 58.7 Å². The van der Waals surface area contributed by atoms with Gasteiger partial charge in [-0.05, 0) is 61.1 Å². The van der Waals surface area contributed by atoms with E-state index in [9.17, 15) is 0 Å². The second-order valence-electron chi connectivity index (χ2n) is 4.60. The minimum absolute atomic E-state index is 1.31. The largest absolute Gasteiger partial charge is 0.0683 e. The molecule has 0 heterocycles. The molecule has 0 nitrogen and oxygen atoms in total. The molecule has 0 aliphatic rings. The van der Waals surface area contributed by atoms with E-state index in [1.54, 1.807) is 0 Å². The van der Waals surface area contributed by atoms with Crippen LogP contribution in [0.4, 0.5) is 0 Å². The highest BCUT2D eigenvalue weighted by Gasteiger charge is 2.01. The lowest BCUT2D eigenvalue weighted by Crippen LogP contribution is -1.86. The number of rotatable bonds is 1. The molecular weight excluding hydrogens is 240 g/mol. The van der Waals surface area contributed by atoms with Crippen LogP contribution in [0.5, 0.6) is 0 Å². The van der Waals surface area contributed by atoms with Crippen molar-refractivity contribution in [2.75, 3.05) is 0 Å². The molecule has 0 aliphatic carbocycles. The van der Waals surface area contributed by atoms with Crippen molar-refractivity contribution in [3.8, 4) is 11.1 Å². The van der Waals surface area contributed by atoms with Crippen LogP contribution in [0.2, 0.25) is 0 Å². The monoisotopic (exact) mass is 270 g/mol. The van der Waals surface area contributed by atoms with E-state index in [-0.39, 0.29) is 0 Å². The summed E-state index contributed by atoms with van der Waals surface area (Å²) in [4.78, 5) is 0. The number of aryl methyl sites for hydroxylation is 4. The fraction of sp³-hybridized carbons (Fsp3) is 0.400. The van der Waals surface area contributed by atoms with E-state index in [1.165, 1.54) is 33.4 Å². The van der Waals surface area contributed by atoms with Crippen molar-refractivity contribution in [3.63, 3.8) is 0 Å². The zero-order chi connectivity index (χ0) is 15.7. The van der Waals surface area contributed by atoms with Gasteiger partial charge in [0.2, 0.25) is 0 Å². The third-order valence-corrected chi connectivity index (χ3v) is 3.35. The van der Waals surface area contributed by atoms with Gasteiger partial charge in [0.25, 0.3) is 0 Å². The molecule has 0 radical (unpaired) electrons. The fourth-order valence-corrected chi connectivity index (χ4v) is 1.84. The van der Waals surface area contributed by atoms with Crippen molar-refractivity contribution >= 4 is 0 Å². The van der Waals surface area contributed by atoms with Crippen LogP contribution in [0.25, 0.3) is 11.1 Å². The van der Waals surface area contributed by atoms with Gasteiger partial charge in [0.15, 0.2) is 0 Å². The second kappa shape index (κ2) is 9.36. The van der Waals surface area contributed by atoms with E-state index in [2.05, 4.69) is 64.1 Å². The van der Waals surface area contributed by atoms with Gasteiger partial charge in [-0.1, -0.05) is 64.1 Å². The molecule has 2 aromatic rings. The summed E-state index contributed by atoms with van der Waals surface area (Å²) in [5.41, 5.74) is 8.05. The van der Waals surface area contributed by atoms with E-state index >= 15 is 0 Å². The van der Waals surface area contributed by atoms with Crippen molar-refractivity contribution in [2.24, 2.45) is 0 Å². The maximum atomic E-state index is 2.26. The van der Waals surface area contributed by atoms with Crippen molar-refractivity contribution in [1.82, 2.24) is 0 Å². The van der Waals surface area contributed by atoms with Gasteiger partial charge in [0.05, 0.1) is 0 Å². The van der Waals surface area contributed by atoms with Crippen LogP contribution < -0.4 is 0 Å². The summed E-state index contributed by atoms with van der Waals surface area (Å²) in [7, 11) is 0. The Morgan fingerprint density at radius 2 is 0.750 bits per heavy atom. The van der Waals surface area contributed by atoms with Crippen molar-refractivity contribution < 1.29 is 0 Å². The summed E-state index contributed by atoms with van der Waals surface area (Å²) in [6.45, 7) is 16.6. The summed E-state index contributed by atoms with van der Waals surface area (Å²) >= 11 is 0. The zero-order valence-corrected chi connectivity index (χ0v) is 14.5. The van der Waals surface area contributed by atoms with E-state index in [0.717, 1.165) is 0 Å². The van der Waals surface area contributed by atoms with Gasteiger partial charge in [-0.3, -0.25) is 0 Å². The Bertz CT molecular complexity index is 472. The zero-order valence-electron chi connectivity index (χ0n) is 14.5. The first-order valence-corrected chi connectivity index (χ1v) is 7.73. The molecule has 0 aliphatic heterocycles. The maximum absolute atomic E-state index is 2.26. The minimum atomic E-state index is 1.31. The first kappa shape index (κ1) is 18.4. The molecule has 0 atom stereocenters. The number of benzene rings is 2. The Balaban J connectivity index is 0.000000829. The normalized spacial score (nSPS) is 9.00. The topological polar surface area (TPSA) is 0 Å². The summed E-state index contributed by atoms with van der Waals surface area (Å²) in [5, 5.41) is 0. The molecule has 0 bridgehead atoms. The fourth-order valence-electron chi connectivity index (χ4n) is 1.84. The summed E-state index contributed by atoms with van der Waals surface area (Å²) < 4.78 is 0. The van der Waals surface area contributed by atoms with E-state index in [1.807, 2.05) is 27.7 Å². The van der Waals surface area contributed by atoms with Gasteiger partial charge < -0.3 is 0 Å². The number of hydrogen-bond acceptors (Lipinski definition) is 0. The van der Waals surface area contributed by atoms with Gasteiger partial charge in [0.1, 0.15) is 0 Å². The predicted octanol–water partition coefficient (Wildman–Crippen LogP) is 6.64. The highest BCUT2D eigenvalue weighted by molar-refractivity contribution is 5.66. The Labute approximate surface area is 125 Å². The third kappa shape index (κ3) is 4.85. The molecular formula is C20H30. The van der Waals surface area contributed by atoms with Crippen molar-refractivity contribution in [2.45, 2.75) is 55.4 Å². The van der Waals surface area contributed by atoms with Crippen LogP contribution in [0.3, 0.4) is 0 Å². The Kier molecular flexibility index (Phi) is 8.63. The molecule has 0 amide bonds. The molecule has 20 heavy (non-hydrogen) atoms. The summed E-state index contributed by atoms with van der Waals surface area (Å²) in [5.74, 6) is 0. The second-order valence-corrected chi connectivity index (χ2v) is 4.60. The van der Waals surface area contributed by atoms with Gasteiger partial charge >= 0.3 is 0 Å². The van der Waals surface area contributed by atoms with Crippen LogP contribution in [0, 0.1) is 27.7 Å². The first-order valence-electron chi connectivity index (χ1n) is 7.73. The van der Waals surface area contributed by atoms with Crippen LogP contribution in [0.1, 0.15) is 49.9 Å². The smallest absolute Gasteiger partial charge is 0.0181 e. The number of hydrogen-bond donors (Lipinski definition) is 0. The van der Waals surface area contributed by atoms with Crippen LogP contribution in [-0.4, -0.2) is 0 Å². The predicted molar refractivity (Wildman–Crippen MR) is 93.5 cm³/mol. The molecule has 2 aromatic carbocycles. The maximum Gasteiger partial charge on any atom is -0.0181 e. The molecule has 0 spiro atoms. The highest BCUT2D eigenvalue weighted by atomic mass is 14.1. The lowest BCUT2D eigenvalue weighted by molar-refractivity contribution is 1.32. The quantitative estimate of drug-likeness (QED) is 0.545. The first-order chi connectivity index (χ1) is 9.58.